The van der Waals surface area contributed by atoms with Gasteiger partial charge >= 0.3 is 5.97 Å². The van der Waals surface area contributed by atoms with Crippen LogP contribution in [0.1, 0.15) is 31.1 Å². The summed E-state index contributed by atoms with van der Waals surface area (Å²) in [4.78, 5) is 20.3. The monoisotopic (exact) mass is 367 g/mol. The van der Waals surface area contributed by atoms with Crippen LogP contribution < -0.4 is 0 Å². The lowest BCUT2D eigenvalue weighted by molar-refractivity contribution is -0.139. The summed E-state index contributed by atoms with van der Waals surface area (Å²) in [5.74, 6) is 1.47. The lowest BCUT2D eigenvalue weighted by Crippen LogP contribution is -2.08. The van der Waals surface area contributed by atoms with E-state index in [0.717, 1.165) is 34.1 Å². The number of esters is 1. The van der Waals surface area contributed by atoms with E-state index in [2.05, 4.69) is 20.2 Å². The van der Waals surface area contributed by atoms with Gasteiger partial charge < -0.3 is 9.30 Å². The molecule has 0 aliphatic heterocycles. The maximum atomic E-state index is 11.5. The first-order chi connectivity index (χ1) is 11.5. The molecule has 24 heavy (non-hydrogen) atoms. The van der Waals surface area contributed by atoms with Crippen LogP contribution in [0.2, 0.25) is 0 Å². The largest absolute Gasteiger partial charge is 0.465 e. The van der Waals surface area contributed by atoms with Crippen molar-refractivity contribution in [3.05, 3.63) is 23.3 Å². The molecule has 0 saturated heterocycles. The first-order valence-electron chi connectivity index (χ1n) is 7.69. The fourth-order valence-corrected chi connectivity index (χ4v) is 3.77. The van der Waals surface area contributed by atoms with Crippen LogP contribution in [0, 0.1) is 13.8 Å². The van der Waals surface area contributed by atoms with Gasteiger partial charge in [-0.1, -0.05) is 23.5 Å². The number of aromatic nitrogens is 5. The molecular formula is C15H21N5O2S2. The number of hydrogen-bond acceptors (Lipinski definition) is 8. The van der Waals surface area contributed by atoms with Crippen LogP contribution in [0.15, 0.2) is 16.4 Å². The van der Waals surface area contributed by atoms with E-state index in [1.165, 1.54) is 23.5 Å². The fourth-order valence-electron chi connectivity index (χ4n) is 2.06. The molecule has 0 atom stereocenters. The van der Waals surface area contributed by atoms with Gasteiger partial charge in [0.1, 0.15) is 5.82 Å². The average molecular weight is 368 g/mol. The summed E-state index contributed by atoms with van der Waals surface area (Å²) in [5.41, 5.74) is 1.90. The molecule has 2 rings (SSSR count). The molecule has 0 radical (unpaired) electrons. The maximum absolute atomic E-state index is 11.5. The molecule has 0 unspecified atom stereocenters. The van der Waals surface area contributed by atoms with Crippen molar-refractivity contribution in [2.75, 3.05) is 12.4 Å². The highest BCUT2D eigenvalue weighted by molar-refractivity contribution is 7.99. The molecule has 0 aliphatic rings. The maximum Gasteiger partial charge on any atom is 0.316 e. The minimum absolute atomic E-state index is 0.235. The number of nitrogens with zero attached hydrogens (tertiary/aromatic N) is 5. The molecule has 2 aromatic heterocycles. The zero-order chi connectivity index (χ0) is 17.5. The number of carbonyl (C=O) groups excluding carboxylic acids is 1. The molecular weight excluding hydrogens is 346 g/mol. The fraction of sp³-hybridized carbons (Fsp3) is 0.533. The van der Waals surface area contributed by atoms with Gasteiger partial charge in [-0.2, -0.15) is 0 Å². The van der Waals surface area contributed by atoms with Crippen molar-refractivity contribution in [1.29, 1.82) is 0 Å². The Kier molecular flexibility index (Phi) is 7.04. The molecule has 2 aromatic rings. The first kappa shape index (κ1) is 18.7. The topological polar surface area (TPSA) is 82.8 Å². The third-order valence-electron chi connectivity index (χ3n) is 3.03. The molecule has 2 heterocycles. The van der Waals surface area contributed by atoms with E-state index < -0.39 is 0 Å². The second-order valence-electron chi connectivity index (χ2n) is 4.96. The summed E-state index contributed by atoms with van der Waals surface area (Å²) in [5, 5.41) is 9.87. The summed E-state index contributed by atoms with van der Waals surface area (Å²) in [6.45, 7) is 8.86. The van der Waals surface area contributed by atoms with Gasteiger partial charge in [-0.05, 0) is 33.8 Å². The second kappa shape index (κ2) is 9.03. The van der Waals surface area contributed by atoms with E-state index >= 15 is 0 Å². The van der Waals surface area contributed by atoms with Crippen LogP contribution in [0.25, 0.3) is 0 Å². The Morgan fingerprint density at radius 2 is 1.88 bits per heavy atom. The lowest BCUT2D eigenvalue weighted by Gasteiger charge is -2.07. The number of rotatable bonds is 8. The molecule has 0 N–H and O–H groups in total. The van der Waals surface area contributed by atoms with E-state index in [0.29, 0.717) is 12.4 Å². The highest BCUT2D eigenvalue weighted by Gasteiger charge is 2.14. The highest BCUT2D eigenvalue weighted by Crippen LogP contribution is 2.23. The minimum atomic E-state index is -0.243. The van der Waals surface area contributed by atoms with Crippen molar-refractivity contribution in [3.63, 3.8) is 0 Å². The van der Waals surface area contributed by atoms with Crippen LogP contribution in [-0.2, 0) is 21.8 Å². The smallest absolute Gasteiger partial charge is 0.316 e. The average Bonchev–Trinajstić information content (AvgIpc) is 2.92. The molecule has 9 heteroatoms. The Bertz CT molecular complexity index is 685. The van der Waals surface area contributed by atoms with E-state index in [4.69, 9.17) is 4.74 Å². The lowest BCUT2D eigenvalue weighted by atomic mass is 10.4. The molecule has 0 aromatic carbocycles. The third-order valence-corrected chi connectivity index (χ3v) is 4.81. The summed E-state index contributed by atoms with van der Waals surface area (Å²) >= 11 is 2.87. The number of carbonyl (C=O) groups is 1. The molecule has 0 amide bonds. The van der Waals surface area contributed by atoms with Crippen molar-refractivity contribution in [1.82, 2.24) is 24.7 Å². The van der Waals surface area contributed by atoms with Gasteiger partial charge in [0.2, 0.25) is 0 Å². The Morgan fingerprint density at radius 1 is 1.17 bits per heavy atom. The molecule has 0 bridgehead atoms. The molecule has 0 spiro atoms. The zero-order valence-corrected chi connectivity index (χ0v) is 15.9. The summed E-state index contributed by atoms with van der Waals surface area (Å²) in [6.07, 6.45) is 0. The van der Waals surface area contributed by atoms with Crippen LogP contribution in [-0.4, -0.2) is 43.1 Å². The van der Waals surface area contributed by atoms with Gasteiger partial charge in [-0.3, -0.25) is 4.79 Å². The van der Waals surface area contributed by atoms with E-state index in [9.17, 15) is 4.79 Å². The van der Waals surface area contributed by atoms with Crippen LogP contribution in [0.3, 0.4) is 0 Å². The Labute approximate surface area is 150 Å². The van der Waals surface area contributed by atoms with Crippen molar-refractivity contribution in [2.45, 2.75) is 50.3 Å². The van der Waals surface area contributed by atoms with Crippen LogP contribution >= 0.6 is 23.5 Å². The molecule has 0 fully saturated rings. The Morgan fingerprint density at radius 3 is 2.50 bits per heavy atom. The van der Waals surface area contributed by atoms with Crippen LogP contribution in [0.5, 0.6) is 0 Å². The van der Waals surface area contributed by atoms with Gasteiger partial charge in [0.05, 0.1) is 18.1 Å². The predicted molar refractivity (Wildman–Crippen MR) is 94.1 cm³/mol. The first-order valence-corrected chi connectivity index (χ1v) is 9.66. The van der Waals surface area contributed by atoms with Gasteiger partial charge in [0.15, 0.2) is 10.3 Å². The highest BCUT2D eigenvalue weighted by atomic mass is 32.2. The summed E-state index contributed by atoms with van der Waals surface area (Å²) in [6, 6.07) is 1.95. The molecule has 7 nitrogen and oxygen atoms in total. The van der Waals surface area contributed by atoms with Gasteiger partial charge in [0.25, 0.3) is 0 Å². The van der Waals surface area contributed by atoms with E-state index in [1.807, 2.05) is 31.4 Å². The summed E-state index contributed by atoms with van der Waals surface area (Å²) < 4.78 is 6.93. The summed E-state index contributed by atoms with van der Waals surface area (Å²) in [7, 11) is 0. The third kappa shape index (κ3) is 5.20. The van der Waals surface area contributed by atoms with Crippen molar-refractivity contribution >= 4 is 29.5 Å². The SMILES string of the molecule is CCOC(=O)CSc1nnc(CSc2nc(C)cc(C)n2)n1CC. The van der Waals surface area contributed by atoms with Gasteiger partial charge in [0, 0.05) is 17.9 Å². The second-order valence-corrected chi connectivity index (χ2v) is 6.84. The van der Waals surface area contributed by atoms with Crippen molar-refractivity contribution < 1.29 is 9.53 Å². The minimum Gasteiger partial charge on any atom is -0.465 e. The number of ether oxygens (including phenoxy) is 1. The van der Waals surface area contributed by atoms with Gasteiger partial charge in [-0.15, -0.1) is 10.2 Å². The standard InChI is InChI=1S/C15H21N5O2S2/c1-5-20-12(8-23-14-16-10(3)7-11(4)17-14)18-19-15(20)24-9-13(21)22-6-2/h7H,5-6,8-9H2,1-4H3. The number of thioether (sulfide) groups is 2. The number of aryl methyl sites for hydroxylation is 2. The predicted octanol–water partition coefficient (Wildman–Crippen LogP) is 2.65. The molecule has 0 saturated carbocycles. The molecule has 130 valence electrons. The van der Waals surface area contributed by atoms with Crippen molar-refractivity contribution in [2.24, 2.45) is 0 Å². The van der Waals surface area contributed by atoms with Crippen LogP contribution in [0.4, 0.5) is 0 Å². The zero-order valence-electron chi connectivity index (χ0n) is 14.3. The molecule has 0 aliphatic carbocycles. The number of hydrogen-bond donors (Lipinski definition) is 0. The van der Waals surface area contributed by atoms with Crippen molar-refractivity contribution in [3.8, 4) is 0 Å². The normalized spacial score (nSPS) is 10.8. The van der Waals surface area contributed by atoms with Gasteiger partial charge in [-0.25, -0.2) is 9.97 Å². The Hall–Kier alpha value is -1.61. The quantitative estimate of drug-likeness (QED) is 0.400. The van der Waals surface area contributed by atoms with E-state index in [-0.39, 0.29) is 11.7 Å². The Balaban J connectivity index is 2.01. The van der Waals surface area contributed by atoms with E-state index in [1.54, 1.807) is 6.92 Å².